The SMILES string of the molecule is CC(Sc1ccccc1C1NCCCN1)c1cccc2ccccc12. The predicted octanol–water partition coefficient (Wildman–Crippen LogP) is 5.27. The maximum absolute atomic E-state index is 3.59. The third-order valence-electron chi connectivity index (χ3n) is 4.85. The molecule has 2 N–H and O–H groups in total. The van der Waals surface area contributed by atoms with Gasteiger partial charge in [0.2, 0.25) is 0 Å². The molecule has 4 rings (SSSR count). The number of thioether (sulfide) groups is 1. The van der Waals surface area contributed by atoms with Crippen LogP contribution in [0.3, 0.4) is 0 Å². The van der Waals surface area contributed by atoms with E-state index in [1.165, 1.54) is 33.2 Å². The molecule has 2 nitrogen and oxygen atoms in total. The summed E-state index contributed by atoms with van der Waals surface area (Å²) < 4.78 is 0. The van der Waals surface area contributed by atoms with E-state index in [4.69, 9.17) is 0 Å². The highest BCUT2D eigenvalue weighted by Gasteiger charge is 2.19. The van der Waals surface area contributed by atoms with Crippen molar-refractivity contribution in [3.63, 3.8) is 0 Å². The van der Waals surface area contributed by atoms with Crippen molar-refractivity contribution >= 4 is 22.5 Å². The van der Waals surface area contributed by atoms with Crippen molar-refractivity contribution < 1.29 is 0 Å². The summed E-state index contributed by atoms with van der Waals surface area (Å²) in [4.78, 5) is 1.36. The van der Waals surface area contributed by atoms with Crippen LogP contribution in [0.2, 0.25) is 0 Å². The van der Waals surface area contributed by atoms with Crippen LogP contribution in [0.5, 0.6) is 0 Å². The Labute approximate surface area is 154 Å². The molecule has 0 spiro atoms. The fraction of sp³-hybridized carbons (Fsp3) is 0.273. The van der Waals surface area contributed by atoms with E-state index >= 15 is 0 Å². The van der Waals surface area contributed by atoms with Crippen molar-refractivity contribution in [3.05, 3.63) is 77.9 Å². The van der Waals surface area contributed by atoms with Gasteiger partial charge >= 0.3 is 0 Å². The summed E-state index contributed by atoms with van der Waals surface area (Å²) in [7, 11) is 0. The second-order valence-corrected chi connectivity index (χ2v) is 7.94. The van der Waals surface area contributed by atoms with E-state index in [1.807, 2.05) is 11.8 Å². The van der Waals surface area contributed by atoms with Gasteiger partial charge in [0, 0.05) is 10.1 Å². The van der Waals surface area contributed by atoms with E-state index in [0.29, 0.717) is 5.25 Å². The normalized spacial score (nSPS) is 16.8. The first kappa shape index (κ1) is 16.6. The fourth-order valence-corrected chi connectivity index (χ4v) is 4.75. The van der Waals surface area contributed by atoms with Crippen molar-refractivity contribution in [2.24, 2.45) is 0 Å². The number of benzene rings is 3. The lowest BCUT2D eigenvalue weighted by molar-refractivity contribution is 0.376. The Morgan fingerprint density at radius 1 is 0.880 bits per heavy atom. The van der Waals surface area contributed by atoms with E-state index in [1.54, 1.807) is 0 Å². The minimum absolute atomic E-state index is 0.261. The highest BCUT2D eigenvalue weighted by molar-refractivity contribution is 7.99. The van der Waals surface area contributed by atoms with E-state index < -0.39 is 0 Å². The molecule has 1 atom stereocenters. The summed E-state index contributed by atoms with van der Waals surface area (Å²) in [5.74, 6) is 0. The van der Waals surface area contributed by atoms with Crippen LogP contribution in [0.4, 0.5) is 0 Å². The topological polar surface area (TPSA) is 24.1 Å². The Kier molecular flexibility index (Phi) is 5.07. The largest absolute Gasteiger partial charge is 0.298 e. The van der Waals surface area contributed by atoms with E-state index in [2.05, 4.69) is 84.3 Å². The van der Waals surface area contributed by atoms with Crippen LogP contribution >= 0.6 is 11.8 Å². The number of hydrogen-bond acceptors (Lipinski definition) is 3. The monoisotopic (exact) mass is 348 g/mol. The first-order chi connectivity index (χ1) is 12.3. The van der Waals surface area contributed by atoms with Crippen LogP contribution in [0, 0.1) is 0 Å². The van der Waals surface area contributed by atoms with Gasteiger partial charge in [0.1, 0.15) is 0 Å². The van der Waals surface area contributed by atoms with Gasteiger partial charge in [-0.25, -0.2) is 0 Å². The Morgan fingerprint density at radius 3 is 2.48 bits per heavy atom. The van der Waals surface area contributed by atoms with E-state index in [9.17, 15) is 0 Å². The van der Waals surface area contributed by atoms with Crippen LogP contribution in [0.15, 0.2) is 71.6 Å². The molecule has 0 aliphatic carbocycles. The summed E-state index contributed by atoms with van der Waals surface area (Å²) in [5.41, 5.74) is 2.77. The maximum Gasteiger partial charge on any atom is 0.0846 e. The Hall–Kier alpha value is -1.81. The molecule has 3 aromatic rings. The standard InChI is InChI=1S/C22H24N2S/c1-16(18-12-6-9-17-8-2-3-10-19(17)18)25-21-13-5-4-11-20(21)22-23-14-7-15-24-22/h2-6,8-13,16,22-24H,7,14-15H2,1H3. The van der Waals surface area contributed by atoms with Crippen LogP contribution in [-0.4, -0.2) is 13.1 Å². The third kappa shape index (κ3) is 3.59. The van der Waals surface area contributed by atoms with Crippen molar-refractivity contribution in [2.75, 3.05) is 13.1 Å². The van der Waals surface area contributed by atoms with Gasteiger partial charge in [0.05, 0.1) is 6.17 Å². The molecule has 1 heterocycles. The van der Waals surface area contributed by atoms with Crippen LogP contribution in [0.25, 0.3) is 10.8 Å². The van der Waals surface area contributed by atoms with Crippen LogP contribution in [0.1, 0.15) is 35.9 Å². The molecular formula is C22H24N2S. The molecular weight excluding hydrogens is 324 g/mol. The summed E-state index contributed by atoms with van der Waals surface area (Å²) in [6.07, 6.45) is 1.45. The van der Waals surface area contributed by atoms with E-state index in [0.717, 1.165) is 13.1 Å². The molecule has 1 saturated heterocycles. The maximum atomic E-state index is 3.59. The van der Waals surface area contributed by atoms with Crippen molar-refractivity contribution in [1.82, 2.24) is 10.6 Å². The molecule has 25 heavy (non-hydrogen) atoms. The second-order valence-electron chi connectivity index (χ2n) is 6.56. The third-order valence-corrected chi connectivity index (χ3v) is 6.08. The highest BCUT2D eigenvalue weighted by atomic mass is 32.2. The van der Waals surface area contributed by atoms with Crippen molar-refractivity contribution in [2.45, 2.75) is 29.7 Å². The zero-order valence-electron chi connectivity index (χ0n) is 14.5. The highest BCUT2D eigenvalue weighted by Crippen LogP contribution is 2.40. The van der Waals surface area contributed by atoms with Gasteiger partial charge in [-0.2, -0.15) is 0 Å². The minimum atomic E-state index is 0.261. The second kappa shape index (κ2) is 7.61. The van der Waals surface area contributed by atoms with Gasteiger partial charge in [0.15, 0.2) is 0 Å². The number of nitrogens with one attached hydrogen (secondary N) is 2. The molecule has 1 unspecified atom stereocenters. The molecule has 0 aromatic heterocycles. The minimum Gasteiger partial charge on any atom is -0.298 e. The Balaban J connectivity index is 1.63. The summed E-state index contributed by atoms with van der Waals surface area (Å²) in [6, 6.07) is 24.1. The van der Waals surface area contributed by atoms with Gasteiger partial charge in [-0.1, -0.05) is 60.7 Å². The first-order valence-corrected chi connectivity index (χ1v) is 9.91. The summed E-state index contributed by atoms with van der Waals surface area (Å²) in [6.45, 7) is 4.47. The van der Waals surface area contributed by atoms with E-state index in [-0.39, 0.29) is 6.17 Å². The molecule has 3 aromatic carbocycles. The summed E-state index contributed by atoms with van der Waals surface area (Å²) >= 11 is 1.95. The van der Waals surface area contributed by atoms with Crippen LogP contribution < -0.4 is 10.6 Å². The lowest BCUT2D eigenvalue weighted by atomic mass is 10.0. The molecule has 0 radical (unpaired) electrons. The molecule has 1 aliphatic heterocycles. The lowest BCUT2D eigenvalue weighted by Crippen LogP contribution is -2.41. The Morgan fingerprint density at radius 2 is 1.60 bits per heavy atom. The lowest BCUT2D eigenvalue weighted by Gasteiger charge is -2.27. The molecule has 1 aliphatic rings. The van der Waals surface area contributed by atoms with Crippen molar-refractivity contribution in [3.8, 4) is 0 Å². The molecule has 0 bridgehead atoms. The van der Waals surface area contributed by atoms with Crippen LogP contribution in [-0.2, 0) is 0 Å². The number of hydrogen-bond donors (Lipinski definition) is 2. The quantitative estimate of drug-likeness (QED) is 0.628. The van der Waals surface area contributed by atoms with Gasteiger partial charge in [-0.05, 0) is 54.4 Å². The molecule has 3 heteroatoms. The predicted molar refractivity (Wildman–Crippen MR) is 108 cm³/mol. The fourth-order valence-electron chi connectivity index (χ4n) is 3.56. The molecule has 1 fully saturated rings. The smallest absolute Gasteiger partial charge is 0.0846 e. The first-order valence-electron chi connectivity index (χ1n) is 9.03. The summed E-state index contributed by atoms with van der Waals surface area (Å²) in [5, 5.41) is 10.3. The number of rotatable bonds is 4. The van der Waals surface area contributed by atoms with Crippen molar-refractivity contribution in [1.29, 1.82) is 0 Å². The zero-order chi connectivity index (χ0) is 17.1. The molecule has 0 amide bonds. The van der Waals surface area contributed by atoms with Gasteiger partial charge < -0.3 is 0 Å². The van der Waals surface area contributed by atoms with Gasteiger partial charge in [-0.3, -0.25) is 10.6 Å². The molecule has 128 valence electrons. The average molecular weight is 349 g/mol. The van der Waals surface area contributed by atoms with Gasteiger partial charge in [0.25, 0.3) is 0 Å². The van der Waals surface area contributed by atoms with Gasteiger partial charge in [-0.15, -0.1) is 11.8 Å². The zero-order valence-corrected chi connectivity index (χ0v) is 15.4. The number of fused-ring (bicyclic) bond motifs is 1. The molecule has 0 saturated carbocycles. The average Bonchev–Trinajstić information content (AvgIpc) is 2.68. The Bertz CT molecular complexity index is 850.